The van der Waals surface area contributed by atoms with Crippen molar-refractivity contribution < 1.29 is 0 Å². The highest BCUT2D eigenvalue weighted by Gasteiger charge is 1.97. The smallest absolute Gasteiger partial charge is 0.108 e. The molecule has 3 nitrogen and oxygen atoms in total. The zero-order valence-electron chi connectivity index (χ0n) is 10.7. The second kappa shape index (κ2) is 5.45. The summed E-state index contributed by atoms with van der Waals surface area (Å²) >= 11 is 0. The number of aromatic nitrogens is 1. The molecule has 0 aliphatic rings. The lowest BCUT2D eigenvalue weighted by atomic mass is 10.1. The molecule has 0 aliphatic heterocycles. The number of nitroso groups, excluding NO2 is 1. The SMILES string of the molecule is O=Nc1ccc(/C=C/c2ccnc3ccccc23)cc1. The quantitative estimate of drug-likeness (QED) is 0.634. The van der Waals surface area contributed by atoms with Crippen LogP contribution in [0.5, 0.6) is 0 Å². The summed E-state index contributed by atoms with van der Waals surface area (Å²) in [4.78, 5) is 14.7. The van der Waals surface area contributed by atoms with Gasteiger partial charge >= 0.3 is 0 Å². The van der Waals surface area contributed by atoms with E-state index < -0.39 is 0 Å². The largest absolute Gasteiger partial charge is 0.256 e. The highest BCUT2D eigenvalue weighted by molar-refractivity contribution is 5.90. The molecule has 3 rings (SSSR count). The van der Waals surface area contributed by atoms with Gasteiger partial charge in [-0.1, -0.05) is 42.5 Å². The number of para-hydroxylation sites is 1. The number of hydrogen-bond acceptors (Lipinski definition) is 3. The average molecular weight is 260 g/mol. The van der Waals surface area contributed by atoms with Crippen LogP contribution in [0.3, 0.4) is 0 Å². The second-order valence-electron chi connectivity index (χ2n) is 4.43. The molecular formula is C17H12N2O. The normalized spacial score (nSPS) is 11.0. The van der Waals surface area contributed by atoms with Crippen molar-refractivity contribution in [3.05, 3.63) is 76.8 Å². The average Bonchev–Trinajstić information content (AvgIpc) is 2.53. The Morgan fingerprint density at radius 1 is 0.900 bits per heavy atom. The zero-order chi connectivity index (χ0) is 13.8. The third kappa shape index (κ3) is 2.47. The first kappa shape index (κ1) is 12.2. The van der Waals surface area contributed by atoms with Gasteiger partial charge in [-0.2, -0.15) is 0 Å². The van der Waals surface area contributed by atoms with Gasteiger partial charge in [0.05, 0.1) is 5.52 Å². The van der Waals surface area contributed by atoms with Crippen molar-refractivity contribution in [2.45, 2.75) is 0 Å². The van der Waals surface area contributed by atoms with E-state index in [2.05, 4.69) is 16.2 Å². The van der Waals surface area contributed by atoms with Crippen LogP contribution in [0.15, 0.2) is 66.0 Å². The van der Waals surface area contributed by atoms with Gasteiger partial charge in [-0.3, -0.25) is 4.98 Å². The summed E-state index contributed by atoms with van der Waals surface area (Å²) in [6, 6.07) is 17.2. The number of benzene rings is 2. The summed E-state index contributed by atoms with van der Waals surface area (Å²) in [5, 5.41) is 4.01. The van der Waals surface area contributed by atoms with Gasteiger partial charge in [0.15, 0.2) is 0 Å². The third-order valence-electron chi connectivity index (χ3n) is 3.14. The Morgan fingerprint density at radius 3 is 2.50 bits per heavy atom. The summed E-state index contributed by atoms with van der Waals surface area (Å²) in [6.45, 7) is 0. The van der Waals surface area contributed by atoms with E-state index in [1.807, 2.05) is 48.6 Å². The number of pyridine rings is 1. The molecule has 0 saturated heterocycles. The Kier molecular flexibility index (Phi) is 3.33. The van der Waals surface area contributed by atoms with Gasteiger partial charge in [0.2, 0.25) is 0 Å². The molecule has 1 heterocycles. The fourth-order valence-electron chi connectivity index (χ4n) is 2.10. The first-order valence-electron chi connectivity index (χ1n) is 6.32. The summed E-state index contributed by atoms with van der Waals surface area (Å²) in [5.74, 6) is 0. The van der Waals surface area contributed by atoms with Gasteiger partial charge in [0.1, 0.15) is 5.69 Å². The van der Waals surface area contributed by atoms with Crippen molar-refractivity contribution in [3.8, 4) is 0 Å². The van der Waals surface area contributed by atoms with Crippen LogP contribution in [0.2, 0.25) is 0 Å². The Bertz CT molecular complexity index is 771. The van der Waals surface area contributed by atoms with Crippen LogP contribution in [-0.4, -0.2) is 4.98 Å². The van der Waals surface area contributed by atoms with Crippen LogP contribution >= 0.6 is 0 Å². The Morgan fingerprint density at radius 2 is 1.70 bits per heavy atom. The first-order chi connectivity index (χ1) is 9.86. The fraction of sp³-hybridized carbons (Fsp3) is 0. The molecule has 3 heteroatoms. The van der Waals surface area contributed by atoms with E-state index in [4.69, 9.17) is 0 Å². The lowest BCUT2D eigenvalue weighted by Crippen LogP contribution is -1.81. The van der Waals surface area contributed by atoms with E-state index in [0.717, 1.165) is 22.0 Å². The van der Waals surface area contributed by atoms with Crippen molar-refractivity contribution in [1.29, 1.82) is 0 Å². The molecule has 0 radical (unpaired) electrons. The van der Waals surface area contributed by atoms with Crippen LogP contribution < -0.4 is 0 Å². The van der Waals surface area contributed by atoms with Crippen molar-refractivity contribution in [2.24, 2.45) is 5.18 Å². The van der Waals surface area contributed by atoms with E-state index in [-0.39, 0.29) is 0 Å². The molecule has 1 aromatic heterocycles. The number of fused-ring (bicyclic) bond motifs is 1. The first-order valence-corrected chi connectivity index (χ1v) is 6.32. The molecule has 0 N–H and O–H groups in total. The van der Waals surface area contributed by atoms with Gasteiger partial charge in [-0.15, -0.1) is 4.91 Å². The predicted molar refractivity (Wildman–Crippen MR) is 82.6 cm³/mol. The Labute approximate surface area is 116 Å². The van der Waals surface area contributed by atoms with Gasteiger partial charge in [-0.25, -0.2) is 0 Å². The minimum Gasteiger partial charge on any atom is -0.256 e. The molecule has 3 aromatic rings. The van der Waals surface area contributed by atoms with Gasteiger partial charge in [0.25, 0.3) is 0 Å². The van der Waals surface area contributed by atoms with Crippen LogP contribution in [0, 0.1) is 4.91 Å². The molecule has 0 unspecified atom stereocenters. The number of hydrogen-bond donors (Lipinski definition) is 0. The van der Waals surface area contributed by atoms with Crippen molar-refractivity contribution >= 4 is 28.7 Å². The minimum atomic E-state index is 0.441. The molecule has 0 amide bonds. The highest BCUT2D eigenvalue weighted by Crippen LogP contribution is 2.19. The molecule has 96 valence electrons. The summed E-state index contributed by atoms with van der Waals surface area (Å²) in [6.07, 6.45) is 5.87. The second-order valence-corrected chi connectivity index (χ2v) is 4.43. The zero-order valence-corrected chi connectivity index (χ0v) is 10.7. The van der Waals surface area contributed by atoms with Gasteiger partial charge < -0.3 is 0 Å². The minimum absolute atomic E-state index is 0.441. The molecule has 0 aliphatic carbocycles. The standard InChI is InChI=1S/C17H12N2O/c20-19-15-9-6-13(7-10-15)5-8-14-11-12-18-17-4-2-1-3-16(14)17/h1-12H/b8-5+. The van der Waals surface area contributed by atoms with E-state index in [0.29, 0.717) is 5.69 Å². The van der Waals surface area contributed by atoms with Crippen molar-refractivity contribution in [2.75, 3.05) is 0 Å². The van der Waals surface area contributed by atoms with Gasteiger partial charge in [0, 0.05) is 11.6 Å². The maximum Gasteiger partial charge on any atom is 0.108 e. The monoisotopic (exact) mass is 260 g/mol. The van der Waals surface area contributed by atoms with Crippen LogP contribution in [-0.2, 0) is 0 Å². The van der Waals surface area contributed by atoms with Crippen LogP contribution in [0.25, 0.3) is 23.1 Å². The maximum atomic E-state index is 10.4. The number of rotatable bonds is 3. The molecule has 0 atom stereocenters. The molecule has 0 spiro atoms. The molecule has 0 fully saturated rings. The van der Waals surface area contributed by atoms with E-state index >= 15 is 0 Å². The molecule has 0 saturated carbocycles. The predicted octanol–water partition coefficient (Wildman–Crippen LogP) is 4.80. The topological polar surface area (TPSA) is 42.3 Å². The lowest BCUT2D eigenvalue weighted by molar-refractivity contribution is 1.41. The van der Waals surface area contributed by atoms with E-state index in [1.54, 1.807) is 18.3 Å². The highest BCUT2D eigenvalue weighted by atomic mass is 16.3. The summed E-state index contributed by atoms with van der Waals surface area (Å²) < 4.78 is 0. The molecular weight excluding hydrogens is 248 g/mol. The van der Waals surface area contributed by atoms with E-state index in [1.165, 1.54) is 0 Å². The molecule has 20 heavy (non-hydrogen) atoms. The summed E-state index contributed by atoms with van der Waals surface area (Å²) in [5.41, 5.74) is 3.57. The maximum absolute atomic E-state index is 10.4. The van der Waals surface area contributed by atoms with Gasteiger partial charge in [-0.05, 0) is 40.6 Å². The number of nitrogens with zero attached hydrogens (tertiary/aromatic N) is 2. The molecule has 2 aromatic carbocycles. The fourth-order valence-corrected chi connectivity index (χ4v) is 2.10. The van der Waals surface area contributed by atoms with Crippen molar-refractivity contribution in [3.63, 3.8) is 0 Å². The van der Waals surface area contributed by atoms with Crippen molar-refractivity contribution in [1.82, 2.24) is 4.98 Å². The van der Waals surface area contributed by atoms with E-state index in [9.17, 15) is 4.91 Å². The third-order valence-corrected chi connectivity index (χ3v) is 3.14. The Hall–Kier alpha value is -2.81. The van der Waals surface area contributed by atoms with Crippen LogP contribution in [0.1, 0.15) is 11.1 Å². The molecule has 0 bridgehead atoms. The lowest BCUT2D eigenvalue weighted by Gasteiger charge is -2.01. The summed E-state index contributed by atoms with van der Waals surface area (Å²) in [7, 11) is 0. The van der Waals surface area contributed by atoms with Crippen LogP contribution in [0.4, 0.5) is 5.69 Å². The Balaban J connectivity index is 1.95.